The predicted octanol–water partition coefficient (Wildman–Crippen LogP) is 2.62. The van der Waals surface area contributed by atoms with Crippen molar-refractivity contribution in [3.63, 3.8) is 0 Å². The van der Waals surface area contributed by atoms with Gasteiger partial charge < -0.3 is 15.1 Å². The summed E-state index contributed by atoms with van der Waals surface area (Å²) in [6.45, 7) is 3.76. The maximum atomic E-state index is 13.7. The standard InChI is InChI=1S/C26H29FN2O3/c1-18(31)7-8-19-9-11-20(12-10-19)25-23-16-28(13-2-3-14-29(23)24(25)17-30)26(32)21-5-4-6-22(27)15-21/h4-6,9-12,15,18,23-25,30-31H,2-3,13-14,16-17H2,1H3/t18-,23-,24+,25-/m1/s1. The number of rotatable bonds is 3. The van der Waals surface area contributed by atoms with Gasteiger partial charge in [-0.25, -0.2) is 4.39 Å². The molecule has 2 aliphatic heterocycles. The van der Waals surface area contributed by atoms with Gasteiger partial charge in [-0.1, -0.05) is 30.0 Å². The van der Waals surface area contributed by atoms with Gasteiger partial charge in [-0.05, 0) is 62.2 Å². The maximum absolute atomic E-state index is 13.7. The molecule has 5 nitrogen and oxygen atoms in total. The number of amides is 1. The summed E-state index contributed by atoms with van der Waals surface area (Å²) in [6, 6.07) is 13.9. The SMILES string of the molecule is C[C@@H](O)C#Cc1ccc([C@@H]2[C@H]3CN(C(=O)c4cccc(F)c4)CCCCN3[C@H]2CO)cc1. The molecule has 2 N–H and O–H groups in total. The van der Waals surface area contributed by atoms with Gasteiger partial charge >= 0.3 is 0 Å². The van der Waals surface area contributed by atoms with E-state index in [9.17, 15) is 19.4 Å². The third-order valence-electron chi connectivity index (χ3n) is 6.45. The molecule has 0 saturated carbocycles. The Balaban J connectivity index is 1.56. The van der Waals surface area contributed by atoms with Crippen LogP contribution in [-0.4, -0.2) is 70.3 Å². The molecule has 0 radical (unpaired) electrons. The Bertz CT molecular complexity index is 1010. The lowest BCUT2D eigenvalue weighted by Gasteiger charge is -2.57. The first kappa shape index (κ1) is 22.5. The lowest BCUT2D eigenvalue weighted by Crippen LogP contribution is -2.67. The third kappa shape index (κ3) is 4.71. The number of halogens is 1. The van der Waals surface area contributed by atoms with Crippen LogP contribution in [0.2, 0.25) is 0 Å². The van der Waals surface area contributed by atoms with E-state index in [1.807, 2.05) is 29.2 Å². The molecule has 1 amide bonds. The average Bonchev–Trinajstić information content (AvgIpc) is 2.77. The molecule has 32 heavy (non-hydrogen) atoms. The highest BCUT2D eigenvalue weighted by atomic mass is 19.1. The second-order valence-electron chi connectivity index (χ2n) is 8.62. The van der Waals surface area contributed by atoms with Crippen molar-refractivity contribution >= 4 is 5.91 Å². The van der Waals surface area contributed by atoms with Gasteiger partial charge in [-0.2, -0.15) is 0 Å². The molecule has 4 atom stereocenters. The molecule has 2 fully saturated rings. The van der Waals surface area contributed by atoms with Crippen LogP contribution in [0.1, 0.15) is 47.2 Å². The highest BCUT2D eigenvalue weighted by molar-refractivity contribution is 5.94. The Labute approximate surface area is 188 Å². The third-order valence-corrected chi connectivity index (χ3v) is 6.45. The van der Waals surface area contributed by atoms with Gasteiger partial charge in [0.25, 0.3) is 5.91 Å². The van der Waals surface area contributed by atoms with E-state index in [1.165, 1.54) is 12.1 Å². The first-order valence-electron chi connectivity index (χ1n) is 11.2. The predicted molar refractivity (Wildman–Crippen MR) is 121 cm³/mol. The zero-order valence-corrected chi connectivity index (χ0v) is 18.2. The molecule has 2 aromatic carbocycles. The first-order valence-corrected chi connectivity index (χ1v) is 11.2. The highest BCUT2D eigenvalue weighted by Crippen LogP contribution is 2.42. The van der Waals surface area contributed by atoms with Crippen molar-refractivity contribution in [3.8, 4) is 11.8 Å². The van der Waals surface area contributed by atoms with Crippen molar-refractivity contribution in [1.82, 2.24) is 9.80 Å². The summed E-state index contributed by atoms with van der Waals surface area (Å²) in [5.41, 5.74) is 2.30. The van der Waals surface area contributed by atoms with E-state index in [0.717, 1.165) is 30.5 Å². The Morgan fingerprint density at radius 3 is 2.62 bits per heavy atom. The Morgan fingerprint density at radius 1 is 1.19 bits per heavy atom. The van der Waals surface area contributed by atoms with E-state index < -0.39 is 11.9 Å². The summed E-state index contributed by atoms with van der Waals surface area (Å²) < 4.78 is 13.7. The molecule has 168 valence electrons. The van der Waals surface area contributed by atoms with E-state index >= 15 is 0 Å². The molecule has 4 rings (SSSR count). The number of carbonyl (C=O) groups excluding carboxylic acids is 1. The maximum Gasteiger partial charge on any atom is 0.254 e. The fourth-order valence-electron chi connectivity index (χ4n) is 4.91. The zero-order valence-electron chi connectivity index (χ0n) is 18.2. The van der Waals surface area contributed by atoms with Crippen LogP contribution in [0, 0.1) is 17.7 Å². The quantitative estimate of drug-likeness (QED) is 0.727. The lowest BCUT2D eigenvalue weighted by atomic mass is 9.74. The van der Waals surface area contributed by atoms with Crippen molar-refractivity contribution in [2.24, 2.45) is 0 Å². The van der Waals surface area contributed by atoms with E-state index in [0.29, 0.717) is 18.7 Å². The molecular weight excluding hydrogens is 407 g/mol. The number of aliphatic hydroxyl groups excluding tert-OH is 2. The molecule has 0 aromatic heterocycles. The molecule has 6 heteroatoms. The molecule has 0 unspecified atom stereocenters. The smallest absolute Gasteiger partial charge is 0.254 e. The fourth-order valence-corrected chi connectivity index (χ4v) is 4.91. The molecule has 0 bridgehead atoms. The van der Waals surface area contributed by atoms with Crippen LogP contribution < -0.4 is 0 Å². The molecule has 2 heterocycles. The summed E-state index contributed by atoms with van der Waals surface area (Å²) in [5.74, 6) is 5.22. The van der Waals surface area contributed by atoms with Crippen molar-refractivity contribution in [2.45, 2.75) is 43.9 Å². The Morgan fingerprint density at radius 2 is 1.94 bits per heavy atom. The Kier molecular flexibility index (Phi) is 6.90. The summed E-state index contributed by atoms with van der Waals surface area (Å²) in [4.78, 5) is 17.2. The minimum atomic E-state index is -0.676. The lowest BCUT2D eigenvalue weighted by molar-refractivity contribution is -0.0606. The van der Waals surface area contributed by atoms with Crippen molar-refractivity contribution in [1.29, 1.82) is 0 Å². The summed E-state index contributed by atoms with van der Waals surface area (Å²) in [7, 11) is 0. The number of benzene rings is 2. The molecular formula is C26H29FN2O3. The Hall–Kier alpha value is -2.72. The van der Waals surface area contributed by atoms with Gasteiger partial charge in [0.1, 0.15) is 11.9 Å². The monoisotopic (exact) mass is 436 g/mol. The van der Waals surface area contributed by atoms with E-state index in [-0.39, 0.29) is 30.5 Å². The number of nitrogens with zero attached hydrogens (tertiary/aromatic N) is 2. The molecule has 2 saturated heterocycles. The number of hydrogen-bond donors (Lipinski definition) is 2. The number of fused-ring (bicyclic) bond motifs is 1. The number of hydrogen-bond acceptors (Lipinski definition) is 4. The van der Waals surface area contributed by atoms with Crippen LogP contribution >= 0.6 is 0 Å². The van der Waals surface area contributed by atoms with Gasteiger partial charge in [0.05, 0.1) is 6.61 Å². The van der Waals surface area contributed by atoms with Crippen molar-refractivity contribution in [3.05, 3.63) is 71.0 Å². The van der Waals surface area contributed by atoms with Gasteiger partial charge in [0, 0.05) is 42.2 Å². The topological polar surface area (TPSA) is 64.0 Å². The summed E-state index contributed by atoms with van der Waals surface area (Å²) in [5, 5.41) is 19.4. The van der Waals surface area contributed by atoms with Crippen LogP contribution in [0.3, 0.4) is 0 Å². The summed E-state index contributed by atoms with van der Waals surface area (Å²) >= 11 is 0. The number of aliphatic hydroxyl groups is 2. The van der Waals surface area contributed by atoms with E-state index in [1.54, 1.807) is 19.1 Å². The normalized spacial score (nSPS) is 24.2. The van der Waals surface area contributed by atoms with Gasteiger partial charge in [0.2, 0.25) is 0 Å². The van der Waals surface area contributed by atoms with Crippen molar-refractivity contribution < 1.29 is 19.4 Å². The minimum absolute atomic E-state index is 0.0126. The molecule has 0 aliphatic carbocycles. The molecule has 0 spiro atoms. The van der Waals surface area contributed by atoms with Crippen LogP contribution in [0.15, 0.2) is 48.5 Å². The van der Waals surface area contributed by atoms with Crippen LogP contribution in [-0.2, 0) is 0 Å². The van der Waals surface area contributed by atoms with Gasteiger partial charge in [0.15, 0.2) is 0 Å². The van der Waals surface area contributed by atoms with E-state index in [4.69, 9.17) is 0 Å². The average molecular weight is 437 g/mol. The van der Waals surface area contributed by atoms with Crippen molar-refractivity contribution in [2.75, 3.05) is 26.2 Å². The van der Waals surface area contributed by atoms with E-state index in [2.05, 4.69) is 16.7 Å². The second kappa shape index (κ2) is 9.83. The first-order chi connectivity index (χ1) is 15.5. The number of carbonyl (C=O) groups is 1. The minimum Gasteiger partial charge on any atom is -0.395 e. The highest BCUT2D eigenvalue weighted by Gasteiger charge is 2.49. The fraction of sp³-hybridized carbons (Fsp3) is 0.423. The van der Waals surface area contributed by atoms with Gasteiger partial charge in [-0.15, -0.1) is 0 Å². The largest absolute Gasteiger partial charge is 0.395 e. The zero-order chi connectivity index (χ0) is 22.7. The molecule has 2 aromatic rings. The molecule has 2 aliphatic rings. The van der Waals surface area contributed by atoms with Gasteiger partial charge in [-0.3, -0.25) is 9.69 Å². The second-order valence-corrected chi connectivity index (χ2v) is 8.62. The van der Waals surface area contributed by atoms with Crippen LogP contribution in [0.5, 0.6) is 0 Å². The van der Waals surface area contributed by atoms with Crippen LogP contribution in [0.25, 0.3) is 0 Å². The summed E-state index contributed by atoms with van der Waals surface area (Å²) in [6.07, 6.45) is 1.15. The van der Waals surface area contributed by atoms with Crippen LogP contribution in [0.4, 0.5) is 4.39 Å².